The smallest absolute Gasteiger partial charge is 0.227 e. The summed E-state index contributed by atoms with van der Waals surface area (Å²) in [5, 5.41) is 0. The molecule has 3 unspecified atom stereocenters. The Morgan fingerprint density at radius 3 is 2.53 bits per heavy atom. The van der Waals surface area contributed by atoms with Crippen LogP contribution in [0.3, 0.4) is 0 Å². The first-order chi connectivity index (χ1) is 7.08. The number of nitrogens with two attached hydrogens (primary N) is 1. The van der Waals surface area contributed by atoms with E-state index in [9.17, 15) is 4.79 Å². The summed E-state index contributed by atoms with van der Waals surface area (Å²) in [7, 11) is 2.08. The molecule has 0 spiro atoms. The lowest BCUT2D eigenvalue weighted by molar-refractivity contribution is -0.134. The van der Waals surface area contributed by atoms with E-state index in [0.29, 0.717) is 11.8 Å². The van der Waals surface area contributed by atoms with Crippen molar-refractivity contribution in [3.05, 3.63) is 0 Å². The summed E-state index contributed by atoms with van der Waals surface area (Å²) in [5.41, 5.74) is 5.93. The average molecular weight is 211 g/mol. The first-order valence-electron chi connectivity index (χ1n) is 5.81. The number of carbonyl (C=O) groups is 1. The zero-order valence-corrected chi connectivity index (χ0v) is 9.65. The van der Waals surface area contributed by atoms with Gasteiger partial charge in [0.05, 0.1) is 5.92 Å². The van der Waals surface area contributed by atoms with E-state index in [4.69, 9.17) is 5.73 Å². The summed E-state index contributed by atoms with van der Waals surface area (Å²) in [4.78, 5) is 16.3. The van der Waals surface area contributed by atoms with Gasteiger partial charge in [-0.3, -0.25) is 4.79 Å². The van der Waals surface area contributed by atoms with Crippen LogP contribution in [0.5, 0.6) is 0 Å². The van der Waals surface area contributed by atoms with Crippen molar-refractivity contribution in [3.8, 4) is 0 Å². The monoisotopic (exact) mass is 211 g/mol. The van der Waals surface area contributed by atoms with E-state index >= 15 is 0 Å². The molecule has 2 fully saturated rings. The molecular weight excluding hydrogens is 190 g/mol. The molecule has 0 bridgehead atoms. The number of likely N-dealkylation sites (tertiary alicyclic amines) is 2. The maximum absolute atomic E-state index is 12.1. The van der Waals surface area contributed by atoms with Gasteiger partial charge in [0.15, 0.2) is 0 Å². The molecule has 4 heteroatoms. The summed E-state index contributed by atoms with van der Waals surface area (Å²) in [6.07, 6.45) is 1.01. The molecule has 2 saturated heterocycles. The topological polar surface area (TPSA) is 49.6 Å². The fourth-order valence-electron chi connectivity index (χ4n) is 2.57. The van der Waals surface area contributed by atoms with E-state index in [-0.39, 0.29) is 12.0 Å². The standard InChI is InChI=1S/C11H21N3O/c1-8-5-14(7-10(8)12)11(15)9-3-4-13(2)6-9/h8-10H,3-7,12H2,1-2H3. The lowest BCUT2D eigenvalue weighted by Gasteiger charge is -2.20. The van der Waals surface area contributed by atoms with Gasteiger partial charge in [-0.15, -0.1) is 0 Å². The summed E-state index contributed by atoms with van der Waals surface area (Å²) in [6.45, 7) is 5.68. The molecular formula is C11H21N3O. The number of hydrogen-bond acceptors (Lipinski definition) is 3. The fourth-order valence-corrected chi connectivity index (χ4v) is 2.57. The van der Waals surface area contributed by atoms with Crippen molar-refractivity contribution in [2.75, 3.05) is 33.2 Å². The van der Waals surface area contributed by atoms with Crippen LogP contribution >= 0.6 is 0 Å². The molecule has 0 aliphatic carbocycles. The lowest BCUT2D eigenvalue weighted by atomic mass is 10.1. The lowest BCUT2D eigenvalue weighted by Crippen LogP contribution is -2.37. The van der Waals surface area contributed by atoms with Crippen LogP contribution in [0.25, 0.3) is 0 Å². The highest BCUT2D eigenvalue weighted by molar-refractivity contribution is 5.79. The highest BCUT2D eigenvalue weighted by Crippen LogP contribution is 2.21. The minimum absolute atomic E-state index is 0.174. The third-order valence-corrected chi connectivity index (χ3v) is 3.72. The van der Waals surface area contributed by atoms with E-state index < -0.39 is 0 Å². The molecule has 3 atom stereocenters. The fraction of sp³-hybridized carbons (Fsp3) is 0.909. The molecule has 15 heavy (non-hydrogen) atoms. The SMILES string of the molecule is CC1CN(C(=O)C2CCN(C)C2)CC1N. The van der Waals surface area contributed by atoms with Crippen molar-refractivity contribution in [2.45, 2.75) is 19.4 Å². The first-order valence-corrected chi connectivity index (χ1v) is 5.81. The predicted octanol–water partition coefficient (Wildman–Crippen LogP) is -0.256. The van der Waals surface area contributed by atoms with Crippen molar-refractivity contribution in [2.24, 2.45) is 17.6 Å². The average Bonchev–Trinajstić information content (AvgIpc) is 2.74. The minimum Gasteiger partial charge on any atom is -0.341 e. The molecule has 2 aliphatic heterocycles. The second kappa shape index (κ2) is 4.10. The van der Waals surface area contributed by atoms with Crippen LogP contribution in [0.15, 0.2) is 0 Å². The van der Waals surface area contributed by atoms with Crippen LogP contribution < -0.4 is 5.73 Å². The highest BCUT2D eigenvalue weighted by atomic mass is 16.2. The number of hydrogen-bond donors (Lipinski definition) is 1. The van der Waals surface area contributed by atoms with Crippen molar-refractivity contribution >= 4 is 5.91 Å². The van der Waals surface area contributed by atoms with Crippen LogP contribution in [0.4, 0.5) is 0 Å². The zero-order chi connectivity index (χ0) is 11.0. The summed E-state index contributed by atoms with van der Waals surface area (Å²) in [6, 6.07) is 0.174. The molecule has 2 rings (SSSR count). The summed E-state index contributed by atoms with van der Waals surface area (Å²) < 4.78 is 0. The Morgan fingerprint density at radius 2 is 2.07 bits per heavy atom. The van der Waals surface area contributed by atoms with Gasteiger partial charge in [0.25, 0.3) is 0 Å². The number of rotatable bonds is 1. The second-order valence-corrected chi connectivity index (χ2v) is 5.13. The largest absolute Gasteiger partial charge is 0.341 e. The van der Waals surface area contributed by atoms with Gasteiger partial charge in [0, 0.05) is 25.7 Å². The molecule has 2 N–H and O–H groups in total. The van der Waals surface area contributed by atoms with E-state index in [1.165, 1.54) is 0 Å². The van der Waals surface area contributed by atoms with Gasteiger partial charge in [0.2, 0.25) is 5.91 Å². The van der Waals surface area contributed by atoms with Crippen LogP contribution in [0.1, 0.15) is 13.3 Å². The highest BCUT2D eigenvalue weighted by Gasteiger charge is 2.35. The van der Waals surface area contributed by atoms with Crippen LogP contribution in [0.2, 0.25) is 0 Å². The van der Waals surface area contributed by atoms with Crippen LogP contribution in [0, 0.1) is 11.8 Å². The number of nitrogens with zero attached hydrogens (tertiary/aromatic N) is 2. The Balaban J connectivity index is 1.92. The number of carbonyl (C=O) groups excluding carboxylic acids is 1. The quantitative estimate of drug-likeness (QED) is 0.650. The van der Waals surface area contributed by atoms with E-state index in [1.54, 1.807) is 0 Å². The summed E-state index contributed by atoms with van der Waals surface area (Å²) in [5.74, 6) is 0.986. The zero-order valence-electron chi connectivity index (χ0n) is 9.65. The molecule has 0 aromatic rings. The van der Waals surface area contributed by atoms with Gasteiger partial charge in [-0.25, -0.2) is 0 Å². The van der Waals surface area contributed by atoms with Crippen molar-refractivity contribution in [1.82, 2.24) is 9.80 Å². The Morgan fingerprint density at radius 1 is 1.33 bits per heavy atom. The minimum atomic E-state index is 0.174. The maximum atomic E-state index is 12.1. The van der Waals surface area contributed by atoms with E-state index in [0.717, 1.165) is 32.6 Å². The molecule has 4 nitrogen and oxygen atoms in total. The van der Waals surface area contributed by atoms with Gasteiger partial charge in [-0.05, 0) is 25.9 Å². The van der Waals surface area contributed by atoms with Crippen molar-refractivity contribution < 1.29 is 4.79 Å². The van der Waals surface area contributed by atoms with Crippen LogP contribution in [-0.4, -0.2) is 55.0 Å². The third kappa shape index (κ3) is 2.16. The Hall–Kier alpha value is -0.610. The Labute approximate surface area is 91.4 Å². The third-order valence-electron chi connectivity index (χ3n) is 3.72. The normalized spacial score (nSPS) is 37.5. The van der Waals surface area contributed by atoms with Gasteiger partial charge in [-0.2, -0.15) is 0 Å². The Kier molecular flexibility index (Phi) is 2.98. The van der Waals surface area contributed by atoms with E-state index in [1.807, 2.05) is 4.90 Å². The van der Waals surface area contributed by atoms with Crippen molar-refractivity contribution in [1.29, 1.82) is 0 Å². The van der Waals surface area contributed by atoms with E-state index in [2.05, 4.69) is 18.9 Å². The van der Waals surface area contributed by atoms with Gasteiger partial charge in [-0.1, -0.05) is 6.92 Å². The molecule has 2 aliphatic rings. The molecule has 0 radical (unpaired) electrons. The molecule has 1 amide bonds. The van der Waals surface area contributed by atoms with Gasteiger partial charge < -0.3 is 15.5 Å². The van der Waals surface area contributed by atoms with Crippen molar-refractivity contribution in [3.63, 3.8) is 0 Å². The molecule has 0 aromatic carbocycles. The Bertz CT molecular complexity index is 246. The van der Waals surface area contributed by atoms with Gasteiger partial charge >= 0.3 is 0 Å². The number of amides is 1. The molecule has 0 aromatic heterocycles. The molecule has 86 valence electrons. The first kappa shape index (κ1) is 10.9. The molecule has 2 heterocycles. The van der Waals surface area contributed by atoms with Crippen LogP contribution in [-0.2, 0) is 4.79 Å². The van der Waals surface area contributed by atoms with Gasteiger partial charge in [0.1, 0.15) is 0 Å². The second-order valence-electron chi connectivity index (χ2n) is 5.13. The summed E-state index contributed by atoms with van der Waals surface area (Å²) >= 11 is 0. The predicted molar refractivity (Wildman–Crippen MR) is 59.3 cm³/mol. The maximum Gasteiger partial charge on any atom is 0.227 e. The molecule has 0 saturated carbocycles.